The lowest BCUT2D eigenvalue weighted by Gasteiger charge is -2.26. The van der Waals surface area contributed by atoms with Gasteiger partial charge >= 0.3 is 0 Å². The lowest BCUT2D eigenvalue weighted by Crippen LogP contribution is -2.41. The summed E-state index contributed by atoms with van der Waals surface area (Å²) in [5, 5.41) is 5.80. The van der Waals surface area contributed by atoms with E-state index in [0.717, 1.165) is 25.9 Å². The molecule has 1 aliphatic heterocycles. The Morgan fingerprint density at radius 2 is 2.04 bits per heavy atom. The zero-order chi connectivity index (χ0) is 18.7. The molecular weight excluding hydrogens is 388 g/mol. The monoisotopic (exact) mass is 412 g/mol. The van der Waals surface area contributed by atoms with Gasteiger partial charge in [0.05, 0.1) is 13.2 Å². The molecule has 0 unspecified atom stereocenters. The molecule has 1 saturated heterocycles. The molecule has 0 bridgehead atoms. The zero-order valence-electron chi connectivity index (χ0n) is 15.1. The first-order valence-corrected chi connectivity index (χ1v) is 11.7. The summed E-state index contributed by atoms with van der Waals surface area (Å²) in [5.74, 6) is 1.47. The fraction of sp³-hybridized carbons (Fsp3) is 0.647. The molecule has 4 rings (SSSR count). The second-order valence-electron chi connectivity index (χ2n) is 6.94. The van der Waals surface area contributed by atoms with Gasteiger partial charge in [0, 0.05) is 43.0 Å². The van der Waals surface area contributed by atoms with Gasteiger partial charge in [0.2, 0.25) is 21.7 Å². The van der Waals surface area contributed by atoms with E-state index in [-0.39, 0.29) is 4.21 Å². The molecule has 1 N–H and O–H groups in total. The highest BCUT2D eigenvalue weighted by Crippen LogP contribution is 2.34. The molecule has 2 aliphatic rings. The highest BCUT2D eigenvalue weighted by Gasteiger charge is 2.24. The van der Waals surface area contributed by atoms with Crippen molar-refractivity contribution in [2.75, 3.05) is 39.4 Å². The van der Waals surface area contributed by atoms with Crippen LogP contribution in [0.1, 0.15) is 37.5 Å². The van der Waals surface area contributed by atoms with Gasteiger partial charge in [0.25, 0.3) is 0 Å². The minimum Gasteiger partial charge on any atom is -0.379 e. The van der Waals surface area contributed by atoms with E-state index in [0.29, 0.717) is 49.5 Å². The number of sulfonamides is 1. The van der Waals surface area contributed by atoms with Gasteiger partial charge in [0.15, 0.2) is 0 Å². The lowest BCUT2D eigenvalue weighted by atomic mass is 10.1. The fourth-order valence-corrected chi connectivity index (χ4v) is 5.72. The van der Waals surface area contributed by atoms with Crippen molar-refractivity contribution in [3.05, 3.63) is 17.3 Å². The van der Waals surface area contributed by atoms with Gasteiger partial charge in [0.1, 0.15) is 4.21 Å². The Morgan fingerprint density at radius 3 is 2.81 bits per heavy atom. The fourth-order valence-electron chi connectivity index (χ4n) is 3.50. The van der Waals surface area contributed by atoms with Crippen LogP contribution in [0.4, 0.5) is 0 Å². The van der Waals surface area contributed by atoms with Gasteiger partial charge in [-0.3, -0.25) is 4.90 Å². The van der Waals surface area contributed by atoms with E-state index in [1.54, 1.807) is 11.4 Å². The van der Waals surface area contributed by atoms with Crippen LogP contribution < -0.4 is 4.72 Å². The second-order valence-corrected chi connectivity index (χ2v) is 9.85. The predicted molar refractivity (Wildman–Crippen MR) is 101 cm³/mol. The van der Waals surface area contributed by atoms with Crippen LogP contribution in [0.3, 0.4) is 0 Å². The van der Waals surface area contributed by atoms with Crippen molar-refractivity contribution in [2.45, 2.75) is 35.8 Å². The molecule has 0 spiro atoms. The van der Waals surface area contributed by atoms with E-state index in [1.807, 2.05) is 0 Å². The van der Waals surface area contributed by atoms with Crippen LogP contribution in [0.15, 0.2) is 20.2 Å². The van der Waals surface area contributed by atoms with Gasteiger partial charge in [-0.05, 0) is 18.9 Å². The van der Waals surface area contributed by atoms with Gasteiger partial charge in [-0.15, -0.1) is 11.3 Å². The average molecular weight is 413 g/mol. The van der Waals surface area contributed by atoms with E-state index in [4.69, 9.17) is 9.26 Å². The van der Waals surface area contributed by atoms with Gasteiger partial charge in [-0.1, -0.05) is 18.0 Å². The summed E-state index contributed by atoms with van der Waals surface area (Å²) >= 11 is 1.17. The molecule has 0 aromatic carbocycles. The van der Waals surface area contributed by atoms with Crippen molar-refractivity contribution in [2.24, 2.45) is 0 Å². The van der Waals surface area contributed by atoms with E-state index < -0.39 is 10.0 Å². The number of hydrogen-bond acceptors (Lipinski definition) is 8. The van der Waals surface area contributed by atoms with Crippen molar-refractivity contribution in [1.29, 1.82) is 0 Å². The largest absolute Gasteiger partial charge is 0.379 e. The third kappa shape index (κ3) is 4.57. The number of thiophene rings is 1. The quantitative estimate of drug-likeness (QED) is 0.743. The van der Waals surface area contributed by atoms with Crippen LogP contribution in [0.25, 0.3) is 11.4 Å². The molecule has 2 fully saturated rings. The van der Waals surface area contributed by atoms with E-state index in [2.05, 4.69) is 19.8 Å². The van der Waals surface area contributed by atoms with Crippen LogP contribution in [-0.2, 0) is 14.8 Å². The SMILES string of the molecule is O=S(=O)(NCCN1CCOCC1)c1cc(-c2noc(C3CCCC3)n2)cs1. The van der Waals surface area contributed by atoms with E-state index in [1.165, 1.54) is 24.2 Å². The molecule has 3 heterocycles. The first-order valence-electron chi connectivity index (χ1n) is 9.34. The molecule has 0 amide bonds. The summed E-state index contributed by atoms with van der Waals surface area (Å²) in [5.41, 5.74) is 0.682. The first-order chi connectivity index (χ1) is 13.1. The maximum absolute atomic E-state index is 12.5. The Balaban J connectivity index is 1.37. The zero-order valence-corrected chi connectivity index (χ0v) is 16.7. The van der Waals surface area contributed by atoms with Gasteiger partial charge in [-0.25, -0.2) is 13.1 Å². The Labute approximate surface area is 163 Å². The Kier molecular flexibility index (Phi) is 5.88. The molecule has 27 heavy (non-hydrogen) atoms. The normalized spacial score (nSPS) is 19.7. The average Bonchev–Trinajstić information content (AvgIpc) is 3.42. The molecule has 1 saturated carbocycles. The summed E-state index contributed by atoms with van der Waals surface area (Å²) < 4.78 is 38.7. The van der Waals surface area contributed by atoms with Gasteiger partial charge < -0.3 is 9.26 Å². The number of nitrogens with one attached hydrogen (secondary N) is 1. The second kappa shape index (κ2) is 8.36. The van der Waals surface area contributed by atoms with Crippen molar-refractivity contribution in [3.8, 4) is 11.4 Å². The summed E-state index contributed by atoms with van der Waals surface area (Å²) in [4.78, 5) is 6.67. The molecular formula is C17H24N4O4S2. The highest BCUT2D eigenvalue weighted by atomic mass is 32.2. The van der Waals surface area contributed by atoms with E-state index in [9.17, 15) is 8.42 Å². The minimum atomic E-state index is -3.53. The number of aromatic nitrogens is 2. The van der Waals surface area contributed by atoms with E-state index >= 15 is 0 Å². The summed E-state index contributed by atoms with van der Waals surface area (Å²) in [6.07, 6.45) is 4.55. The van der Waals surface area contributed by atoms with Crippen LogP contribution in [0.5, 0.6) is 0 Å². The molecule has 2 aromatic rings. The Hall–Kier alpha value is -1.33. The third-order valence-corrected chi connectivity index (χ3v) is 7.97. The molecule has 2 aromatic heterocycles. The van der Waals surface area contributed by atoms with Crippen molar-refractivity contribution >= 4 is 21.4 Å². The van der Waals surface area contributed by atoms with Crippen LogP contribution in [0, 0.1) is 0 Å². The predicted octanol–water partition coefficient (Wildman–Crippen LogP) is 2.07. The summed E-state index contributed by atoms with van der Waals surface area (Å²) in [6, 6.07) is 1.62. The summed E-state index contributed by atoms with van der Waals surface area (Å²) in [6.45, 7) is 4.14. The molecule has 0 radical (unpaired) electrons. The standard InChI is InChI=1S/C17H24N4O4S2/c22-27(23,18-5-6-21-7-9-24-10-8-21)15-11-14(12-26-15)16-19-17(25-20-16)13-3-1-2-4-13/h11-13,18H,1-10H2. The maximum Gasteiger partial charge on any atom is 0.250 e. The van der Waals surface area contributed by atoms with Crippen molar-refractivity contribution < 1.29 is 17.7 Å². The Bertz CT molecular complexity index is 852. The molecule has 8 nitrogen and oxygen atoms in total. The Morgan fingerprint density at radius 1 is 1.26 bits per heavy atom. The molecule has 10 heteroatoms. The number of ether oxygens (including phenoxy) is 1. The number of nitrogens with zero attached hydrogens (tertiary/aromatic N) is 3. The molecule has 148 valence electrons. The first kappa shape index (κ1) is 19.0. The van der Waals surface area contributed by atoms with Gasteiger partial charge in [-0.2, -0.15) is 4.98 Å². The van der Waals surface area contributed by atoms with Crippen molar-refractivity contribution in [1.82, 2.24) is 19.8 Å². The maximum atomic E-state index is 12.5. The topological polar surface area (TPSA) is 97.6 Å². The van der Waals surface area contributed by atoms with Crippen LogP contribution in [-0.4, -0.2) is 62.9 Å². The summed E-state index contributed by atoms with van der Waals surface area (Å²) in [7, 11) is -3.53. The van der Waals surface area contributed by atoms with Crippen LogP contribution in [0.2, 0.25) is 0 Å². The number of hydrogen-bond donors (Lipinski definition) is 1. The minimum absolute atomic E-state index is 0.270. The van der Waals surface area contributed by atoms with Crippen LogP contribution >= 0.6 is 11.3 Å². The number of morpholine rings is 1. The molecule has 1 aliphatic carbocycles. The lowest BCUT2D eigenvalue weighted by molar-refractivity contribution is 0.0390. The number of rotatable bonds is 7. The third-order valence-electron chi connectivity index (χ3n) is 5.07. The van der Waals surface area contributed by atoms with Crippen molar-refractivity contribution in [3.63, 3.8) is 0 Å². The smallest absolute Gasteiger partial charge is 0.250 e. The highest BCUT2D eigenvalue weighted by molar-refractivity contribution is 7.91. The molecule has 0 atom stereocenters.